The second-order valence-electron chi connectivity index (χ2n) is 6.04. The molecule has 0 atom stereocenters. The molecule has 1 amide bonds. The van der Waals surface area contributed by atoms with Crippen molar-refractivity contribution >= 4 is 11.6 Å². The lowest BCUT2D eigenvalue weighted by Crippen LogP contribution is -2.26. The van der Waals surface area contributed by atoms with E-state index >= 15 is 0 Å². The largest absolute Gasteiger partial charge is 0.490 e. The summed E-state index contributed by atoms with van der Waals surface area (Å²) in [5.41, 5.74) is 2.13. The molecule has 0 aliphatic heterocycles. The third-order valence-electron chi connectivity index (χ3n) is 4.30. The van der Waals surface area contributed by atoms with Crippen LogP contribution in [-0.2, 0) is 0 Å². The number of hydrogen-bond acceptors (Lipinski definition) is 4. The van der Waals surface area contributed by atoms with Crippen LogP contribution in [0.1, 0.15) is 29.6 Å². The minimum absolute atomic E-state index is 0.184. The molecule has 0 spiro atoms. The Balaban J connectivity index is 1.53. The van der Waals surface area contributed by atoms with E-state index in [9.17, 15) is 4.79 Å². The average Bonchev–Trinajstić information content (AvgIpc) is 3.13. The summed E-state index contributed by atoms with van der Waals surface area (Å²) < 4.78 is 7.72. The Morgan fingerprint density at radius 3 is 2.64 bits per heavy atom. The molecule has 4 rings (SSSR count). The highest BCUT2D eigenvalue weighted by atomic mass is 16.5. The van der Waals surface area contributed by atoms with Crippen molar-refractivity contribution in [1.82, 2.24) is 14.8 Å². The fourth-order valence-corrected chi connectivity index (χ4v) is 2.70. The quantitative estimate of drug-likeness (QED) is 0.776. The van der Waals surface area contributed by atoms with E-state index in [1.54, 1.807) is 23.3 Å². The lowest BCUT2D eigenvalue weighted by molar-refractivity contribution is 0.0992. The van der Waals surface area contributed by atoms with Crippen molar-refractivity contribution in [2.24, 2.45) is 0 Å². The van der Waals surface area contributed by atoms with Gasteiger partial charge in [-0.2, -0.15) is 0 Å². The molecule has 1 saturated carbocycles. The van der Waals surface area contributed by atoms with E-state index in [1.807, 2.05) is 42.5 Å². The SMILES string of the molecule is O=C(Nc1cccc(-n2cnnc2)c1)c1ccccc1OC1CCC1. The molecule has 1 heterocycles. The van der Waals surface area contributed by atoms with Gasteiger partial charge in [0, 0.05) is 5.69 Å². The molecule has 0 saturated heterocycles. The number of rotatable bonds is 5. The van der Waals surface area contributed by atoms with E-state index in [1.165, 1.54) is 6.42 Å². The summed E-state index contributed by atoms with van der Waals surface area (Å²) >= 11 is 0. The van der Waals surface area contributed by atoms with Gasteiger partial charge in [-0.05, 0) is 49.6 Å². The predicted octanol–water partition coefficient (Wildman–Crippen LogP) is 3.45. The summed E-state index contributed by atoms with van der Waals surface area (Å²) in [4.78, 5) is 12.7. The summed E-state index contributed by atoms with van der Waals surface area (Å²) in [6, 6.07) is 14.9. The van der Waals surface area contributed by atoms with Crippen molar-refractivity contribution in [2.45, 2.75) is 25.4 Å². The van der Waals surface area contributed by atoms with Crippen molar-refractivity contribution in [3.05, 3.63) is 66.7 Å². The van der Waals surface area contributed by atoms with Crippen molar-refractivity contribution in [1.29, 1.82) is 0 Å². The number of benzene rings is 2. The summed E-state index contributed by atoms with van der Waals surface area (Å²) in [5.74, 6) is 0.454. The Morgan fingerprint density at radius 2 is 1.88 bits per heavy atom. The van der Waals surface area contributed by atoms with Crippen LogP contribution in [-0.4, -0.2) is 26.8 Å². The first kappa shape index (κ1) is 15.4. The van der Waals surface area contributed by atoms with E-state index in [0.29, 0.717) is 17.0 Å². The zero-order valence-electron chi connectivity index (χ0n) is 13.6. The first-order chi connectivity index (χ1) is 12.3. The Labute approximate surface area is 145 Å². The van der Waals surface area contributed by atoms with Crippen LogP contribution >= 0.6 is 0 Å². The van der Waals surface area contributed by atoms with Gasteiger partial charge in [0.05, 0.1) is 17.4 Å². The van der Waals surface area contributed by atoms with Crippen molar-refractivity contribution < 1.29 is 9.53 Å². The van der Waals surface area contributed by atoms with Crippen molar-refractivity contribution in [3.63, 3.8) is 0 Å². The number of anilines is 1. The van der Waals surface area contributed by atoms with Gasteiger partial charge < -0.3 is 10.1 Å². The number of amides is 1. The van der Waals surface area contributed by atoms with Crippen molar-refractivity contribution in [3.8, 4) is 11.4 Å². The molecule has 1 fully saturated rings. The molecule has 6 heteroatoms. The van der Waals surface area contributed by atoms with Gasteiger partial charge >= 0.3 is 0 Å². The Kier molecular flexibility index (Phi) is 4.16. The second-order valence-corrected chi connectivity index (χ2v) is 6.04. The van der Waals surface area contributed by atoms with Crippen LogP contribution in [0, 0.1) is 0 Å². The minimum Gasteiger partial charge on any atom is -0.490 e. The molecular weight excluding hydrogens is 316 g/mol. The molecule has 25 heavy (non-hydrogen) atoms. The van der Waals surface area contributed by atoms with Crippen LogP contribution < -0.4 is 10.1 Å². The second kappa shape index (κ2) is 6.76. The average molecular weight is 334 g/mol. The van der Waals surface area contributed by atoms with Gasteiger partial charge in [-0.1, -0.05) is 18.2 Å². The number of hydrogen-bond donors (Lipinski definition) is 1. The van der Waals surface area contributed by atoms with Crippen LogP contribution in [0.2, 0.25) is 0 Å². The highest BCUT2D eigenvalue weighted by molar-refractivity contribution is 6.06. The number of carbonyl (C=O) groups is 1. The van der Waals surface area contributed by atoms with Gasteiger partial charge in [-0.25, -0.2) is 0 Å². The van der Waals surface area contributed by atoms with Gasteiger partial charge in [0.25, 0.3) is 5.91 Å². The molecule has 1 N–H and O–H groups in total. The van der Waals surface area contributed by atoms with Gasteiger partial charge in [0.2, 0.25) is 0 Å². The number of ether oxygens (including phenoxy) is 1. The van der Waals surface area contributed by atoms with Gasteiger partial charge in [-0.3, -0.25) is 9.36 Å². The molecule has 0 bridgehead atoms. The van der Waals surface area contributed by atoms with Crippen LogP contribution in [0.5, 0.6) is 5.75 Å². The number of nitrogens with one attached hydrogen (secondary N) is 1. The zero-order chi connectivity index (χ0) is 17.1. The standard InChI is InChI=1S/C19H18N4O2/c24-19(17-9-1-2-10-18(17)25-16-7-4-8-16)22-14-5-3-6-15(11-14)23-12-20-21-13-23/h1-3,5-6,9-13,16H,4,7-8H2,(H,22,24). The smallest absolute Gasteiger partial charge is 0.259 e. The Bertz CT molecular complexity index is 873. The van der Waals surface area contributed by atoms with E-state index < -0.39 is 0 Å². The maximum absolute atomic E-state index is 12.7. The number of para-hydroxylation sites is 1. The number of nitrogens with zero attached hydrogens (tertiary/aromatic N) is 3. The Hall–Kier alpha value is -3.15. The maximum atomic E-state index is 12.7. The fraction of sp³-hybridized carbons (Fsp3) is 0.211. The van der Waals surface area contributed by atoms with Crippen LogP contribution in [0.25, 0.3) is 5.69 Å². The number of carbonyl (C=O) groups excluding carboxylic acids is 1. The summed E-state index contributed by atoms with van der Waals surface area (Å²) in [6.07, 6.45) is 6.75. The normalized spacial score (nSPS) is 13.9. The molecule has 1 aliphatic rings. The molecule has 6 nitrogen and oxygen atoms in total. The highest BCUT2D eigenvalue weighted by Crippen LogP contribution is 2.28. The number of aromatic nitrogens is 3. The molecule has 0 unspecified atom stereocenters. The first-order valence-electron chi connectivity index (χ1n) is 8.32. The molecule has 1 aromatic heterocycles. The van der Waals surface area contributed by atoms with E-state index in [4.69, 9.17) is 4.74 Å². The maximum Gasteiger partial charge on any atom is 0.259 e. The molecular formula is C19H18N4O2. The lowest BCUT2D eigenvalue weighted by atomic mass is 9.96. The predicted molar refractivity (Wildman–Crippen MR) is 94.0 cm³/mol. The highest BCUT2D eigenvalue weighted by Gasteiger charge is 2.21. The fourth-order valence-electron chi connectivity index (χ4n) is 2.70. The third-order valence-corrected chi connectivity index (χ3v) is 4.30. The molecule has 0 radical (unpaired) electrons. The van der Waals surface area contributed by atoms with E-state index in [-0.39, 0.29) is 12.0 Å². The van der Waals surface area contributed by atoms with Crippen molar-refractivity contribution in [2.75, 3.05) is 5.32 Å². The third kappa shape index (κ3) is 3.38. The van der Waals surface area contributed by atoms with Crippen LogP contribution in [0.15, 0.2) is 61.2 Å². The first-order valence-corrected chi connectivity index (χ1v) is 8.32. The van der Waals surface area contributed by atoms with Gasteiger partial charge in [0.15, 0.2) is 0 Å². The zero-order valence-corrected chi connectivity index (χ0v) is 13.6. The molecule has 126 valence electrons. The van der Waals surface area contributed by atoms with Gasteiger partial charge in [-0.15, -0.1) is 10.2 Å². The van der Waals surface area contributed by atoms with Crippen LogP contribution in [0.3, 0.4) is 0 Å². The monoisotopic (exact) mass is 334 g/mol. The Morgan fingerprint density at radius 1 is 1.08 bits per heavy atom. The minimum atomic E-state index is -0.184. The van der Waals surface area contributed by atoms with E-state index in [2.05, 4.69) is 15.5 Å². The van der Waals surface area contributed by atoms with E-state index in [0.717, 1.165) is 18.5 Å². The van der Waals surface area contributed by atoms with Gasteiger partial charge in [0.1, 0.15) is 18.4 Å². The summed E-state index contributed by atoms with van der Waals surface area (Å²) in [6.45, 7) is 0. The lowest BCUT2D eigenvalue weighted by Gasteiger charge is -2.27. The topological polar surface area (TPSA) is 69.0 Å². The molecule has 3 aromatic rings. The van der Waals surface area contributed by atoms with Crippen LogP contribution in [0.4, 0.5) is 5.69 Å². The summed E-state index contributed by atoms with van der Waals surface area (Å²) in [5, 5.41) is 10.5. The molecule has 1 aliphatic carbocycles. The molecule has 2 aromatic carbocycles. The summed E-state index contributed by atoms with van der Waals surface area (Å²) in [7, 11) is 0.